The summed E-state index contributed by atoms with van der Waals surface area (Å²) in [7, 11) is 0. The number of hydrogen-bond acceptors (Lipinski definition) is 4. The van der Waals surface area contributed by atoms with Crippen LogP contribution in [0.5, 0.6) is 0 Å². The Labute approximate surface area is 96.8 Å². The van der Waals surface area contributed by atoms with Gasteiger partial charge in [-0.15, -0.1) is 10.2 Å². The third-order valence-corrected chi connectivity index (χ3v) is 3.79. The highest BCUT2D eigenvalue weighted by molar-refractivity contribution is 4.85. The number of hydrogen-bond donors (Lipinski definition) is 1. The van der Waals surface area contributed by atoms with Gasteiger partial charge in [-0.25, -0.2) is 0 Å². The summed E-state index contributed by atoms with van der Waals surface area (Å²) in [5.74, 6) is 2.89. The molecule has 3 unspecified atom stereocenters. The Morgan fingerprint density at radius 1 is 1.31 bits per heavy atom. The molecule has 90 valence electrons. The predicted octanol–water partition coefficient (Wildman–Crippen LogP) is 2.29. The molecule has 1 aromatic heterocycles. The van der Waals surface area contributed by atoms with Gasteiger partial charge in [-0.05, 0) is 18.3 Å². The number of aromatic nitrogens is 2. The van der Waals surface area contributed by atoms with Gasteiger partial charge in [0.05, 0.1) is 6.54 Å². The van der Waals surface area contributed by atoms with E-state index in [2.05, 4.69) is 29.4 Å². The molecular formula is C12H21N3O. The Morgan fingerprint density at radius 2 is 2.12 bits per heavy atom. The van der Waals surface area contributed by atoms with E-state index in [0.29, 0.717) is 24.4 Å². The average molecular weight is 223 g/mol. The monoisotopic (exact) mass is 223 g/mol. The van der Waals surface area contributed by atoms with Gasteiger partial charge < -0.3 is 9.73 Å². The Hall–Kier alpha value is -0.900. The van der Waals surface area contributed by atoms with Crippen LogP contribution in [0.25, 0.3) is 0 Å². The molecule has 4 heteroatoms. The molecule has 0 aromatic carbocycles. The summed E-state index contributed by atoms with van der Waals surface area (Å²) >= 11 is 0. The molecule has 1 N–H and O–H groups in total. The molecule has 16 heavy (non-hydrogen) atoms. The van der Waals surface area contributed by atoms with Crippen LogP contribution in [0, 0.1) is 18.8 Å². The van der Waals surface area contributed by atoms with E-state index in [9.17, 15) is 0 Å². The molecule has 1 aliphatic carbocycles. The molecule has 0 radical (unpaired) electrons. The van der Waals surface area contributed by atoms with Crippen molar-refractivity contribution in [1.82, 2.24) is 15.5 Å². The molecule has 1 fully saturated rings. The molecule has 2 rings (SSSR count). The maximum Gasteiger partial charge on any atom is 0.230 e. The first kappa shape index (κ1) is 11.6. The van der Waals surface area contributed by atoms with Gasteiger partial charge in [-0.3, -0.25) is 0 Å². The van der Waals surface area contributed by atoms with Gasteiger partial charge in [0.15, 0.2) is 0 Å². The fraction of sp³-hybridized carbons (Fsp3) is 0.833. The van der Waals surface area contributed by atoms with Gasteiger partial charge in [0.1, 0.15) is 0 Å². The molecule has 1 saturated carbocycles. The lowest BCUT2D eigenvalue weighted by atomic mass is 9.78. The summed E-state index contributed by atoms with van der Waals surface area (Å²) < 4.78 is 5.35. The maximum absolute atomic E-state index is 5.35. The lowest BCUT2D eigenvalue weighted by molar-refractivity contribution is 0.202. The normalized spacial score (nSPS) is 30.6. The topological polar surface area (TPSA) is 51.0 Å². The van der Waals surface area contributed by atoms with Crippen molar-refractivity contribution in [2.45, 2.75) is 52.6 Å². The molecule has 0 saturated heterocycles. The van der Waals surface area contributed by atoms with Crippen molar-refractivity contribution in [2.24, 2.45) is 11.8 Å². The highest BCUT2D eigenvalue weighted by Crippen LogP contribution is 2.29. The van der Waals surface area contributed by atoms with Crippen LogP contribution in [0.2, 0.25) is 0 Å². The van der Waals surface area contributed by atoms with E-state index in [1.165, 1.54) is 19.3 Å². The summed E-state index contributed by atoms with van der Waals surface area (Å²) in [4.78, 5) is 0. The minimum Gasteiger partial charge on any atom is -0.424 e. The minimum atomic E-state index is 0.593. The van der Waals surface area contributed by atoms with Crippen molar-refractivity contribution < 1.29 is 4.42 Å². The lowest BCUT2D eigenvalue weighted by Crippen LogP contribution is -2.40. The van der Waals surface area contributed by atoms with Crippen LogP contribution in [0.1, 0.15) is 44.9 Å². The number of nitrogens with zero attached hydrogens (tertiary/aromatic N) is 2. The van der Waals surface area contributed by atoms with Crippen molar-refractivity contribution in [3.8, 4) is 0 Å². The van der Waals surface area contributed by atoms with E-state index in [4.69, 9.17) is 4.42 Å². The zero-order valence-corrected chi connectivity index (χ0v) is 10.4. The van der Waals surface area contributed by atoms with Gasteiger partial charge in [0.2, 0.25) is 11.8 Å². The first-order chi connectivity index (χ1) is 7.66. The van der Waals surface area contributed by atoms with E-state index in [-0.39, 0.29) is 0 Å². The zero-order valence-electron chi connectivity index (χ0n) is 10.4. The second-order valence-electron chi connectivity index (χ2n) is 4.97. The first-order valence-corrected chi connectivity index (χ1v) is 6.19. The summed E-state index contributed by atoms with van der Waals surface area (Å²) in [6.45, 7) is 7.19. The van der Waals surface area contributed by atoms with Crippen LogP contribution in [-0.2, 0) is 6.54 Å². The fourth-order valence-corrected chi connectivity index (χ4v) is 2.50. The quantitative estimate of drug-likeness (QED) is 0.854. The van der Waals surface area contributed by atoms with Crippen molar-refractivity contribution in [3.05, 3.63) is 11.8 Å². The van der Waals surface area contributed by atoms with Crippen molar-refractivity contribution in [3.63, 3.8) is 0 Å². The van der Waals surface area contributed by atoms with Crippen LogP contribution in [-0.4, -0.2) is 16.2 Å². The smallest absolute Gasteiger partial charge is 0.230 e. The highest BCUT2D eigenvalue weighted by atomic mass is 16.4. The SMILES string of the molecule is Cc1nnc(CNC2CCCC(C)C2C)o1. The highest BCUT2D eigenvalue weighted by Gasteiger charge is 2.26. The van der Waals surface area contributed by atoms with Crippen molar-refractivity contribution in [1.29, 1.82) is 0 Å². The predicted molar refractivity (Wildman–Crippen MR) is 61.8 cm³/mol. The van der Waals surface area contributed by atoms with Gasteiger partial charge in [0, 0.05) is 13.0 Å². The lowest BCUT2D eigenvalue weighted by Gasteiger charge is -2.34. The van der Waals surface area contributed by atoms with Crippen LogP contribution in [0.3, 0.4) is 0 Å². The van der Waals surface area contributed by atoms with Gasteiger partial charge >= 0.3 is 0 Å². The molecule has 1 aromatic rings. The Kier molecular flexibility index (Phi) is 3.59. The number of rotatable bonds is 3. The Balaban J connectivity index is 1.85. The molecule has 0 aliphatic heterocycles. The molecule has 1 heterocycles. The molecule has 3 atom stereocenters. The second kappa shape index (κ2) is 4.95. The van der Waals surface area contributed by atoms with Gasteiger partial charge in [-0.2, -0.15) is 0 Å². The number of nitrogens with one attached hydrogen (secondary N) is 1. The Bertz CT molecular complexity index is 337. The number of aryl methyl sites for hydroxylation is 1. The van der Waals surface area contributed by atoms with E-state index < -0.39 is 0 Å². The van der Waals surface area contributed by atoms with E-state index in [1.807, 2.05) is 6.92 Å². The van der Waals surface area contributed by atoms with Crippen LogP contribution in [0.15, 0.2) is 4.42 Å². The molecule has 1 aliphatic rings. The van der Waals surface area contributed by atoms with Crippen LogP contribution >= 0.6 is 0 Å². The molecular weight excluding hydrogens is 202 g/mol. The summed E-state index contributed by atoms with van der Waals surface area (Å²) in [6, 6.07) is 0.593. The van der Waals surface area contributed by atoms with Crippen molar-refractivity contribution >= 4 is 0 Å². The van der Waals surface area contributed by atoms with E-state index in [1.54, 1.807) is 0 Å². The third kappa shape index (κ3) is 2.61. The minimum absolute atomic E-state index is 0.593. The summed E-state index contributed by atoms with van der Waals surface area (Å²) in [5.41, 5.74) is 0. The molecule has 0 spiro atoms. The third-order valence-electron chi connectivity index (χ3n) is 3.79. The van der Waals surface area contributed by atoms with Crippen molar-refractivity contribution in [2.75, 3.05) is 0 Å². The van der Waals surface area contributed by atoms with Crippen LogP contribution in [0.4, 0.5) is 0 Å². The summed E-state index contributed by atoms with van der Waals surface area (Å²) in [6.07, 6.45) is 3.95. The van der Waals surface area contributed by atoms with E-state index in [0.717, 1.165) is 11.8 Å². The second-order valence-corrected chi connectivity index (χ2v) is 4.97. The first-order valence-electron chi connectivity index (χ1n) is 6.19. The van der Waals surface area contributed by atoms with Crippen LogP contribution < -0.4 is 5.32 Å². The zero-order chi connectivity index (χ0) is 11.5. The molecule has 0 amide bonds. The van der Waals surface area contributed by atoms with Gasteiger partial charge in [-0.1, -0.05) is 26.7 Å². The standard InChI is InChI=1S/C12H21N3O/c1-8-5-4-6-11(9(8)2)13-7-12-15-14-10(3)16-12/h8-9,11,13H,4-7H2,1-3H3. The molecule has 4 nitrogen and oxygen atoms in total. The fourth-order valence-electron chi connectivity index (χ4n) is 2.50. The largest absolute Gasteiger partial charge is 0.424 e. The molecule has 0 bridgehead atoms. The van der Waals surface area contributed by atoms with Gasteiger partial charge in [0.25, 0.3) is 0 Å². The summed E-state index contributed by atoms with van der Waals surface area (Å²) in [5, 5.41) is 11.4. The Morgan fingerprint density at radius 3 is 2.81 bits per heavy atom. The van der Waals surface area contributed by atoms with E-state index >= 15 is 0 Å². The maximum atomic E-state index is 5.35. The average Bonchev–Trinajstić information content (AvgIpc) is 2.67.